The van der Waals surface area contributed by atoms with E-state index in [0.29, 0.717) is 0 Å². The van der Waals surface area contributed by atoms with E-state index in [2.05, 4.69) is 42.6 Å². The van der Waals surface area contributed by atoms with E-state index in [1.807, 2.05) is 0 Å². The largest absolute Gasteiger partial charge is 0.311 e. The van der Waals surface area contributed by atoms with E-state index in [1.54, 1.807) is 0 Å². The van der Waals surface area contributed by atoms with Gasteiger partial charge >= 0.3 is 0 Å². The number of hydrogen-bond donors (Lipinski definition) is 1. The van der Waals surface area contributed by atoms with Crippen LogP contribution < -0.4 is 5.32 Å². The lowest BCUT2D eigenvalue weighted by atomic mass is 10.1. The quantitative estimate of drug-likeness (QED) is 0.796. The van der Waals surface area contributed by atoms with Gasteiger partial charge < -0.3 is 5.32 Å². The fraction of sp³-hybridized carbons (Fsp3) is 0.600. The first kappa shape index (κ1) is 10.3. The topological polar surface area (TPSA) is 12.0 Å². The second kappa shape index (κ2) is 4.21. The molecule has 0 amide bonds. The van der Waals surface area contributed by atoms with Gasteiger partial charge in [-0.15, -0.1) is 0 Å². The summed E-state index contributed by atoms with van der Waals surface area (Å²) in [5.74, 6) is 1.88. The Morgan fingerprint density at radius 2 is 2.00 bits per heavy atom. The fourth-order valence-electron chi connectivity index (χ4n) is 2.66. The molecule has 2 fully saturated rings. The van der Waals surface area contributed by atoms with Gasteiger partial charge in [0.2, 0.25) is 0 Å². The molecule has 1 nitrogen and oxygen atoms in total. The van der Waals surface area contributed by atoms with Crippen molar-refractivity contribution >= 4 is 0 Å². The minimum Gasteiger partial charge on any atom is -0.311 e. The molecule has 2 saturated carbocycles. The molecule has 3 unspecified atom stereocenters. The number of nitrogens with one attached hydrogen (secondary N) is 1. The molecular weight excluding hydrogens is 194 g/mol. The fourth-order valence-corrected chi connectivity index (χ4v) is 2.66. The van der Waals surface area contributed by atoms with Gasteiger partial charge in [0.15, 0.2) is 0 Å². The Morgan fingerprint density at radius 3 is 2.69 bits per heavy atom. The van der Waals surface area contributed by atoms with Crippen molar-refractivity contribution in [1.29, 1.82) is 0 Å². The average Bonchev–Trinajstić information content (AvgIpc) is 3.15. The van der Waals surface area contributed by atoms with Crippen LogP contribution in [0.1, 0.15) is 31.7 Å². The van der Waals surface area contributed by atoms with Crippen molar-refractivity contribution in [1.82, 2.24) is 5.32 Å². The van der Waals surface area contributed by atoms with Gasteiger partial charge in [-0.2, -0.15) is 0 Å². The van der Waals surface area contributed by atoms with Crippen LogP contribution in [-0.4, -0.2) is 12.1 Å². The Balaban J connectivity index is 1.45. The molecule has 2 aliphatic carbocycles. The highest BCUT2D eigenvalue weighted by atomic mass is 15.0. The SMILES string of the molecule is CC(NC1CC1Cc1ccccc1)C1CC1. The van der Waals surface area contributed by atoms with Crippen molar-refractivity contribution in [3.05, 3.63) is 35.9 Å². The van der Waals surface area contributed by atoms with Gasteiger partial charge in [-0.1, -0.05) is 30.3 Å². The maximum atomic E-state index is 3.79. The molecule has 0 heterocycles. The van der Waals surface area contributed by atoms with Crippen molar-refractivity contribution in [2.75, 3.05) is 0 Å². The van der Waals surface area contributed by atoms with Crippen LogP contribution in [0.15, 0.2) is 30.3 Å². The molecule has 0 bridgehead atoms. The molecule has 0 radical (unpaired) electrons. The first-order chi connectivity index (χ1) is 7.83. The Bertz CT molecular complexity index is 342. The third-order valence-corrected chi connectivity index (χ3v) is 4.07. The van der Waals surface area contributed by atoms with Crippen LogP contribution in [0.5, 0.6) is 0 Å². The summed E-state index contributed by atoms with van der Waals surface area (Å²) >= 11 is 0. The summed E-state index contributed by atoms with van der Waals surface area (Å²) in [7, 11) is 0. The highest BCUT2D eigenvalue weighted by molar-refractivity contribution is 5.17. The number of hydrogen-bond acceptors (Lipinski definition) is 1. The highest BCUT2D eigenvalue weighted by Gasteiger charge is 2.39. The van der Waals surface area contributed by atoms with E-state index in [-0.39, 0.29) is 0 Å². The van der Waals surface area contributed by atoms with E-state index in [4.69, 9.17) is 0 Å². The molecule has 0 saturated heterocycles. The molecule has 3 rings (SSSR count). The van der Waals surface area contributed by atoms with Crippen molar-refractivity contribution in [3.8, 4) is 0 Å². The Labute approximate surface area is 98.3 Å². The predicted octanol–water partition coefficient (Wildman–Crippen LogP) is 3.01. The Morgan fingerprint density at radius 1 is 1.25 bits per heavy atom. The zero-order chi connectivity index (χ0) is 11.0. The molecule has 86 valence electrons. The summed E-state index contributed by atoms with van der Waals surface area (Å²) in [4.78, 5) is 0. The minimum absolute atomic E-state index is 0.755. The number of benzene rings is 1. The molecule has 2 aliphatic rings. The van der Waals surface area contributed by atoms with Crippen LogP contribution in [0.2, 0.25) is 0 Å². The monoisotopic (exact) mass is 215 g/mol. The summed E-state index contributed by atoms with van der Waals surface area (Å²) in [6.07, 6.45) is 5.54. The van der Waals surface area contributed by atoms with Gasteiger partial charge in [0.1, 0.15) is 0 Å². The molecule has 1 aromatic carbocycles. The third kappa shape index (κ3) is 2.46. The first-order valence-corrected chi connectivity index (χ1v) is 6.63. The molecule has 3 atom stereocenters. The maximum absolute atomic E-state index is 3.79. The summed E-state index contributed by atoms with van der Waals surface area (Å²) in [5, 5.41) is 3.79. The van der Waals surface area contributed by atoms with Gasteiger partial charge in [0.25, 0.3) is 0 Å². The second-order valence-electron chi connectivity index (χ2n) is 5.58. The van der Waals surface area contributed by atoms with Gasteiger partial charge in [-0.3, -0.25) is 0 Å². The molecule has 16 heavy (non-hydrogen) atoms. The second-order valence-corrected chi connectivity index (χ2v) is 5.58. The van der Waals surface area contributed by atoms with E-state index in [0.717, 1.165) is 23.9 Å². The predicted molar refractivity (Wildman–Crippen MR) is 67.4 cm³/mol. The zero-order valence-electron chi connectivity index (χ0n) is 10.0. The van der Waals surface area contributed by atoms with Crippen molar-refractivity contribution in [2.45, 2.75) is 44.7 Å². The summed E-state index contributed by atoms with van der Waals surface area (Å²) in [5.41, 5.74) is 1.50. The minimum atomic E-state index is 0.755. The van der Waals surface area contributed by atoms with Gasteiger partial charge in [0, 0.05) is 12.1 Å². The van der Waals surface area contributed by atoms with Crippen molar-refractivity contribution in [2.24, 2.45) is 11.8 Å². The van der Waals surface area contributed by atoms with Crippen molar-refractivity contribution in [3.63, 3.8) is 0 Å². The summed E-state index contributed by atoms with van der Waals surface area (Å²) in [6.45, 7) is 2.36. The lowest BCUT2D eigenvalue weighted by Crippen LogP contribution is -2.31. The van der Waals surface area contributed by atoms with E-state index in [1.165, 1.54) is 31.2 Å². The summed E-state index contributed by atoms with van der Waals surface area (Å²) < 4.78 is 0. The van der Waals surface area contributed by atoms with Crippen LogP contribution in [0.25, 0.3) is 0 Å². The van der Waals surface area contributed by atoms with Crippen LogP contribution in [-0.2, 0) is 6.42 Å². The Kier molecular flexibility index (Phi) is 2.72. The van der Waals surface area contributed by atoms with Gasteiger partial charge in [0.05, 0.1) is 0 Å². The lowest BCUT2D eigenvalue weighted by molar-refractivity contribution is 0.477. The van der Waals surface area contributed by atoms with E-state index >= 15 is 0 Å². The van der Waals surface area contributed by atoms with Gasteiger partial charge in [-0.25, -0.2) is 0 Å². The molecule has 1 heteroatoms. The third-order valence-electron chi connectivity index (χ3n) is 4.07. The molecule has 0 aliphatic heterocycles. The van der Waals surface area contributed by atoms with E-state index < -0.39 is 0 Å². The molecule has 0 spiro atoms. The maximum Gasteiger partial charge on any atom is 0.0105 e. The molecule has 0 aromatic heterocycles. The van der Waals surface area contributed by atoms with E-state index in [9.17, 15) is 0 Å². The van der Waals surface area contributed by atoms with Crippen LogP contribution in [0, 0.1) is 11.8 Å². The number of rotatable bonds is 5. The average molecular weight is 215 g/mol. The molecule has 1 aromatic rings. The molecule has 1 N–H and O–H groups in total. The van der Waals surface area contributed by atoms with Gasteiger partial charge in [-0.05, 0) is 50.0 Å². The molecular formula is C15H21N. The Hall–Kier alpha value is -0.820. The smallest absolute Gasteiger partial charge is 0.0105 e. The summed E-state index contributed by atoms with van der Waals surface area (Å²) in [6, 6.07) is 12.4. The zero-order valence-corrected chi connectivity index (χ0v) is 10.0. The lowest BCUT2D eigenvalue weighted by Gasteiger charge is -2.12. The highest BCUT2D eigenvalue weighted by Crippen LogP contribution is 2.38. The van der Waals surface area contributed by atoms with Crippen molar-refractivity contribution < 1.29 is 0 Å². The standard InChI is InChI=1S/C15H21N/c1-11(13-7-8-13)16-15-10-14(15)9-12-5-3-2-4-6-12/h2-6,11,13-16H,7-10H2,1H3. The first-order valence-electron chi connectivity index (χ1n) is 6.63. The normalized spacial score (nSPS) is 30.1. The van der Waals surface area contributed by atoms with Crippen LogP contribution in [0.3, 0.4) is 0 Å². The van der Waals surface area contributed by atoms with Crippen LogP contribution in [0.4, 0.5) is 0 Å². The van der Waals surface area contributed by atoms with Crippen LogP contribution >= 0.6 is 0 Å².